The number of benzene rings is 2. The molecule has 0 radical (unpaired) electrons. The van der Waals surface area contributed by atoms with Gasteiger partial charge in [-0.15, -0.1) is 11.3 Å². The van der Waals surface area contributed by atoms with E-state index in [-0.39, 0.29) is 53.6 Å². The summed E-state index contributed by atoms with van der Waals surface area (Å²) < 4.78 is 25.2. The molecule has 1 amide bonds. The third-order valence-corrected chi connectivity index (χ3v) is 8.61. The van der Waals surface area contributed by atoms with Crippen LogP contribution in [0.3, 0.4) is 0 Å². The lowest BCUT2D eigenvalue weighted by Crippen LogP contribution is -2.46. The van der Waals surface area contributed by atoms with Crippen molar-refractivity contribution in [2.45, 2.75) is 38.3 Å². The number of nitrogens with one attached hydrogen (secondary N) is 1. The number of fused-ring (bicyclic) bond motifs is 1. The van der Waals surface area contributed by atoms with E-state index in [1.165, 1.54) is 37.9 Å². The normalized spacial score (nSPS) is 14.9. The monoisotopic (exact) mass is 628 g/mol. The first-order valence-corrected chi connectivity index (χ1v) is 14.8. The Kier molecular flexibility index (Phi) is 9.71. The number of hydrogen-bond acceptors (Lipinski definition) is 10. The fourth-order valence-electron chi connectivity index (χ4n) is 5.04. The molecule has 2 aromatic heterocycles. The number of nitrogens with zero attached hydrogens (tertiary/aromatic N) is 3. The van der Waals surface area contributed by atoms with Crippen molar-refractivity contribution in [2.24, 2.45) is 0 Å². The molecule has 1 saturated heterocycles. The predicted molar refractivity (Wildman–Crippen MR) is 161 cm³/mol. The molecule has 0 saturated carbocycles. The molecule has 4 aromatic rings. The number of amides is 1. The van der Waals surface area contributed by atoms with Crippen molar-refractivity contribution in [3.8, 4) is 0 Å². The zero-order chi connectivity index (χ0) is 30.5. The standard InChI is InChI=1S/C30H30ClFN4O6S/c1-40-28(38)10-9-20-15-33-30(43-20)35-11-5-8-27(35)36(41-2)16-19(37)12-18-13-23(31)25(14-24(18)32)34-29(39)22-17-42-26-7-4-3-6-21(22)26/h3-4,6-7,13-15,17,27H,5,8-12,16H2,1-2H3,(H,34,39). The Morgan fingerprint density at radius 3 is 2.86 bits per heavy atom. The summed E-state index contributed by atoms with van der Waals surface area (Å²) in [7, 11) is 2.85. The number of ketones is 1. The lowest BCUT2D eigenvalue weighted by atomic mass is 10.1. The number of methoxy groups -OCH3 is 1. The van der Waals surface area contributed by atoms with Gasteiger partial charge < -0.3 is 19.4 Å². The van der Waals surface area contributed by atoms with Gasteiger partial charge in [0.25, 0.3) is 5.91 Å². The third-order valence-electron chi connectivity index (χ3n) is 7.21. The van der Waals surface area contributed by atoms with Crippen molar-refractivity contribution in [1.29, 1.82) is 0 Å². The van der Waals surface area contributed by atoms with Gasteiger partial charge in [0.05, 0.1) is 43.5 Å². The van der Waals surface area contributed by atoms with E-state index in [0.29, 0.717) is 23.0 Å². The van der Waals surface area contributed by atoms with Crippen LogP contribution in [-0.4, -0.2) is 61.2 Å². The number of furan rings is 1. The van der Waals surface area contributed by atoms with E-state index in [1.807, 2.05) is 0 Å². The Morgan fingerprint density at radius 1 is 1.26 bits per heavy atom. The lowest BCUT2D eigenvalue weighted by molar-refractivity contribution is -0.166. The number of para-hydroxylation sites is 1. The topological polar surface area (TPSA) is 114 Å². The first-order chi connectivity index (χ1) is 20.8. The number of carbonyl (C=O) groups excluding carboxylic acids is 3. The first-order valence-electron chi connectivity index (χ1n) is 13.6. The Hall–Kier alpha value is -3.84. The predicted octanol–water partition coefficient (Wildman–Crippen LogP) is 5.64. The van der Waals surface area contributed by atoms with Gasteiger partial charge in [0.2, 0.25) is 0 Å². The Bertz CT molecular complexity index is 1640. The molecular formula is C30H30ClFN4O6S. The number of aryl methyl sites for hydroxylation is 1. The summed E-state index contributed by atoms with van der Waals surface area (Å²) in [6, 6.07) is 9.53. The number of Topliss-reactive ketones (excluding diaryl/α,β-unsaturated/α-hetero) is 1. The molecule has 10 nitrogen and oxygen atoms in total. The number of esters is 1. The largest absolute Gasteiger partial charge is 0.469 e. The summed E-state index contributed by atoms with van der Waals surface area (Å²) in [6.45, 7) is 0.649. The van der Waals surface area contributed by atoms with E-state index in [1.54, 1.807) is 35.5 Å². The Labute approximate surface area is 256 Å². The maximum Gasteiger partial charge on any atom is 0.305 e. The second-order valence-electron chi connectivity index (χ2n) is 10.00. The quantitative estimate of drug-likeness (QED) is 0.157. The van der Waals surface area contributed by atoms with Gasteiger partial charge in [-0.1, -0.05) is 29.8 Å². The highest BCUT2D eigenvalue weighted by Gasteiger charge is 2.33. The average molecular weight is 629 g/mol. The van der Waals surface area contributed by atoms with E-state index < -0.39 is 11.7 Å². The van der Waals surface area contributed by atoms with Crippen LogP contribution in [0.5, 0.6) is 0 Å². The summed E-state index contributed by atoms with van der Waals surface area (Å²) >= 11 is 7.88. The van der Waals surface area contributed by atoms with Gasteiger partial charge in [0.1, 0.15) is 23.8 Å². The first kappa shape index (κ1) is 30.6. The highest BCUT2D eigenvalue weighted by Crippen LogP contribution is 2.32. The van der Waals surface area contributed by atoms with Gasteiger partial charge in [0, 0.05) is 29.4 Å². The molecule has 2 aromatic carbocycles. The molecule has 43 heavy (non-hydrogen) atoms. The lowest BCUT2D eigenvalue weighted by Gasteiger charge is -2.32. The summed E-state index contributed by atoms with van der Waals surface area (Å²) in [6.07, 6.45) is 5.06. The van der Waals surface area contributed by atoms with Crippen LogP contribution in [0.2, 0.25) is 5.02 Å². The number of carbonyl (C=O) groups is 3. The molecule has 13 heteroatoms. The Morgan fingerprint density at radius 2 is 2.07 bits per heavy atom. The summed E-state index contributed by atoms with van der Waals surface area (Å²) in [5.74, 6) is -1.72. The van der Waals surface area contributed by atoms with Crippen LogP contribution in [0.25, 0.3) is 11.0 Å². The number of anilines is 2. The van der Waals surface area contributed by atoms with Crippen molar-refractivity contribution in [3.63, 3.8) is 0 Å². The highest BCUT2D eigenvalue weighted by molar-refractivity contribution is 7.15. The highest BCUT2D eigenvalue weighted by atomic mass is 35.5. The molecule has 1 fully saturated rings. The van der Waals surface area contributed by atoms with Crippen molar-refractivity contribution >= 4 is 62.4 Å². The second kappa shape index (κ2) is 13.6. The van der Waals surface area contributed by atoms with Crippen molar-refractivity contribution in [3.05, 3.63) is 75.7 Å². The van der Waals surface area contributed by atoms with Crippen molar-refractivity contribution in [2.75, 3.05) is 37.5 Å². The van der Waals surface area contributed by atoms with E-state index in [2.05, 4.69) is 15.2 Å². The minimum atomic E-state index is -0.668. The van der Waals surface area contributed by atoms with Crippen LogP contribution >= 0.6 is 22.9 Å². The fraction of sp³-hybridized carbons (Fsp3) is 0.333. The summed E-state index contributed by atoms with van der Waals surface area (Å²) in [4.78, 5) is 50.6. The van der Waals surface area contributed by atoms with Gasteiger partial charge in [-0.05, 0) is 43.0 Å². The Balaban J connectivity index is 1.22. The van der Waals surface area contributed by atoms with Crippen LogP contribution in [0.4, 0.5) is 15.2 Å². The minimum Gasteiger partial charge on any atom is -0.469 e. The van der Waals surface area contributed by atoms with Crippen LogP contribution in [0.1, 0.15) is 40.1 Å². The van der Waals surface area contributed by atoms with E-state index >= 15 is 4.39 Å². The molecule has 1 unspecified atom stereocenters. The number of rotatable bonds is 12. The van der Waals surface area contributed by atoms with E-state index in [9.17, 15) is 14.4 Å². The number of hydrogen-bond donors (Lipinski definition) is 1. The molecule has 5 rings (SSSR count). The van der Waals surface area contributed by atoms with Gasteiger partial charge in [0.15, 0.2) is 10.9 Å². The average Bonchev–Trinajstić information content (AvgIpc) is 3.76. The van der Waals surface area contributed by atoms with Crippen LogP contribution in [0, 0.1) is 5.82 Å². The maximum atomic E-state index is 15.1. The maximum absolute atomic E-state index is 15.1. The van der Waals surface area contributed by atoms with Gasteiger partial charge in [-0.25, -0.2) is 9.37 Å². The second-order valence-corrected chi connectivity index (χ2v) is 11.5. The summed E-state index contributed by atoms with van der Waals surface area (Å²) in [5, 5.41) is 5.70. The number of ether oxygens (including phenoxy) is 1. The van der Waals surface area contributed by atoms with Crippen LogP contribution < -0.4 is 10.2 Å². The summed E-state index contributed by atoms with van der Waals surface area (Å²) in [5.41, 5.74) is 1.04. The van der Waals surface area contributed by atoms with Crippen molar-refractivity contribution in [1.82, 2.24) is 10.0 Å². The SMILES string of the molecule is COC(=O)CCc1cnc(N2CCCC2N(CC(=O)Cc2cc(Cl)c(NC(=O)c3coc4ccccc34)cc2F)OC)s1. The smallest absolute Gasteiger partial charge is 0.305 e. The number of hydroxylamine groups is 2. The zero-order valence-corrected chi connectivity index (χ0v) is 25.2. The van der Waals surface area contributed by atoms with Crippen LogP contribution in [0.15, 0.2) is 53.3 Å². The minimum absolute atomic E-state index is 0.0820. The van der Waals surface area contributed by atoms with Gasteiger partial charge >= 0.3 is 5.97 Å². The van der Waals surface area contributed by atoms with Gasteiger partial charge in [-0.2, -0.15) is 5.06 Å². The van der Waals surface area contributed by atoms with E-state index in [0.717, 1.165) is 35.5 Å². The third kappa shape index (κ3) is 7.04. The number of thiazole rings is 1. The van der Waals surface area contributed by atoms with Crippen LogP contribution in [-0.2, 0) is 32.0 Å². The number of aromatic nitrogens is 1. The molecule has 226 valence electrons. The molecule has 0 bridgehead atoms. The molecule has 1 aliphatic rings. The molecule has 1 atom stereocenters. The zero-order valence-electron chi connectivity index (χ0n) is 23.6. The van der Waals surface area contributed by atoms with E-state index in [4.69, 9.17) is 25.6 Å². The fourth-order valence-corrected chi connectivity index (χ4v) is 6.25. The molecular weight excluding hydrogens is 599 g/mol. The molecule has 1 aliphatic heterocycles. The molecule has 0 aliphatic carbocycles. The molecule has 3 heterocycles. The molecule has 0 spiro atoms. The van der Waals surface area contributed by atoms with Gasteiger partial charge in [-0.3, -0.25) is 19.2 Å². The number of halogens is 2. The molecule has 1 N–H and O–H groups in total. The van der Waals surface area contributed by atoms with Crippen molar-refractivity contribution < 1.29 is 32.8 Å².